The van der Waals surface area contributed by atoms with E-state index in [2.05, 4.69) is 14.7 Å². The van der Waals surface area contributed by atoms with Crippen molar-refractivity contribution in [1.29, 1.82) is 0 Å². The number of nitrogens with zero attached hydrogens (tertiary/aromatic N) is 5. The zero-order valence-electron chi connectivity index (χ0n) is 33.4. The van der Waals surface area contributed by atoms with Crippen molar-refractivity contribution >= 4 is 27.5 Å². The van der Waals surface area contributed by atoms with Gasteiger partial charge in [-0.1, -0.05) is 13.0 Å². The zero-order chi connectivity index (χ0) is 40.7. The molecule has 2 bridgehead atoms. The summed E-state index contributed by atoms with van der Waals surface area (Å²) in [7, 11) is 1.48. The Morgan fingerprint density at radius 2 is 1.85 bits per heavy atom. The van der Waals surface area contributed by atoms with Gasteiger partial charge in [-0.05, 0) is 105 Å². The highest BCUT2D eigenvalue weighted by molar-refractivity contribution is 6.04. The van der Waals surface area contributed by atoms with E-state index in [0.29, 0.717) is 78.3 Å². The molecule has 4 fully saturated rings. The molecule has 0 aliphatic carbocycles. The van der Waals surface area contributed by atoms with Crippen molar-refractivity contribution < 1.29 is 40.6 Å². The second-order valence-electron chi connectivity index (χ2n) is 16.9. The Bertz CT molecular complexity index is 2530. The Kier molecular flexibility index (Phi) is 9.63. The number of fused-ring (bicyclic) bond motifs is 7. The van der Waals surface area contributed by atoms with Crippen LogP contribution in [0.25, 0.3) is 32.8 Å². The Labute approximate surface area is 338 Å². The van der Waals surface area contributed by atoms with Gasteiger partial charge in [0.1, 0.15) is 47.3 Å². The molecule has 4 saturated heterocycles. The quantitative estimate of drug-likeness (QED) is 0.102. The molecule has 5 atom stereocenters. The molecule has 0 unspecified atom stereocenters. The van der Waals surface area contributed by atoms with Gasteiger partial charge < -0.3 is 27.9 Å². The molecule has 59 heavy (non-hydrogen) atoms. The van der Waals surface area contributed by atoms with Crippen LogP contribution < -0.4 is 20.2 Å². The summed E-state index contributed by atoms with van der Waals surface area (Å²) in [6, 6.07) is 6.11. The normalized spacial score (nSPS) is 25.4. The first-order valence-corrected chi connectivity index (χ1v) is 20.8. The number of aromatic nitrogens is 2. The molecule has 11 nitrogen and oxygen atoms in total. The van der Waals surface area contributed by atoms with E-state index < -0.39 is 35.0 Å². The van der Waals surface area contributed by atoms with Crippen LogP contribution in [0, 0.1) is 24.4 Å². The lowest BCUT2D eigenvalue weighted by Crippen LogP contribution is -2.60. The lowest BCUT2D eigenvalue weighted by Gasteiger charge is -2.48. The van der Waals surface area contributed by atoms with Crippen molar-refractivity contribution in [2.45, 2.75) is 108 Å². The summed E-state index contributed by atoms with van der Waals surface area (Å²) >= 11 is 0. The molecule has 0 saturated carbocycles. The van der Waals surface area contributed by atoms with Crippen LogP contribution in [0.5, 0.6) is 11.8 Å². The molecule has 312 valence electrons. The van der Waals surface area contributed by atoms with Crippen molar-refractivity contribution in [1.82, 2.24) is 19.8 Å². The molecule has 5 aliphatic heterocycles. The number of hydrogen-bond acceptors (Lipinski definition) is 11. The van der Waals surface area contributed by atoms with Crippen LogP contribution in [0.2, 0.25) is 0 Å². The van der Waals surface area contributed by atoms with E-state index in [1.54, 1.807) is 32.0 Å². The van der Waals surface area contributed by atoms with Gasteiger partial charge in [0.25, 0.3) is 0 Å². The van der Waals surface area contributed by atoms with Crippen LogP contribution in [0.1, 0.15) is 74.5 Å². The molecular weight excluding hydrogens is 771 g/mol. The topological polar surface area (TPSA) is 107 Å². The minimum atomic E-state index is -0.974. The number of piperazine rings is 1. The Morgan fingerprint density at radius 1 is 0.983 bits per heavy atom. The maximum atomic E-state index is 17.9. The number of aryl methyl sites for hydroxylation is 3. The van der Waals surface area contributed by atoms with Crippen molar-refractivity contribution in [2.24, 2.45) is 0 Å². The summed E-state index contributed by atoms with van der Waals surface area (Å²) in [5.74, 6) is -1.23. The number of rotatable bonds is 10. The van der Waals surface area contributed by atoms with E-state index in [1.807, 2.05) is 0 Å². The standard InChI is InChI=1S/C44H47F4N5O6/c1-4-28-31(46)11-9-24-15-27(57-22-55-3)16-30(35(24)28)36-38(47)29-7-5-8-32-33-12-10-26(52(33)20-34-23(2)58-43(54)59-34)19-53(32)41-37(29)40(39(36)48)49-42(50-41)56-21-44-13-6-14-51(44)18-25(45)17-44/h9,11,15-16,25-26,32-33H,4-8,10,12-14,17-22H2,1-3H3/t25-,26-,32-,33+,44+/m1/s1. The van der Waals surface area contributed by atoms with E-state index in [4.69, 9.17) is 33.0 Å². The number of benzene rings is 3. The molecule has 3 aromatic carbocycles. The molecular formula is C44H47F4N5O6. The number of hydrogen-bond donors (Lipinski definition) is 0. The van der Waals surface area contributed by atoms with Crippen LogP contribution in [0.3, 0.4) is 0 Å². The molecule has 0 spiro atoms. The van der Waals surface area contributed by atoms with Crippen molar-refractivity contribution in [3.05, 3.63) is 75.0 Å². The second kappa shape index (κ2) is 14.8. The SMILES string of the molecule is CCc1c(F)ccc2cc(OCOC)cc(-c3c(F)c4c5c(nc(OC[C@@]67CCCN6C[C@H](F)C7)nc5c3F)N3C[C@H]5CC[C@@H]([C@H]3CCC4)N5Cc3oc(=O)oc3C)c12. The maximum absolute atomic E-state index is 17.9. The monoisotopic (exact) mass is 817 g/mol. The molecule has 5 aromatic rings. The molecule has 5 aliphatic rings. The number of methoxy groups -OCH3 is 1. The Morgan fingerprint density at radius 3 is 2.64 bits per heavy atom. The van der Waals surface area contributed by atoms with E-state index in [-0.39, 0.29) is 78.0 Å². The highest BCUT2D eigenvalue weighted by Crippen LogP contribution is 2.48. The summed E-state index contributed by atoms with van der Waals surface area (Å²) in [4.78, 5) is 28.4. The number of halogens is 4. The van der Waals surface area contributed by atoms with Crippen molar-refractivity contribution in [3.63, 3.8) is 0 Å². The Balaban J connectivity index is 1.16. The third kappa shape index (κ3) is 6.28. The van der Waals surface area contributed by atoms with Crippen LogP contribution in [-0.2, 0) is 24.1 Å². The van der Waals surface area contributed by atoms with Gasteiger partial charge in [-0.15, -0.1) is 0 Å². The number of alkyl halides is 1. The average molecular weight is 818 g/mol. The fourth-order valence-electron chi connectivity index (χ4n) is 11.1. The first kappa shape index (κ1) is 38.5. The third-order valence-electron chi connectivity index (χ3n) is 13.7. The first-order chi connectivity index (χ1) is 28.6. The van der Waals surface area contributed by atoms with Crippen LogP contribution >= 0.6 is 0 Å². The average Bonchev–Trinajstić information content (AvgIpc) is 3.93. The molecule has 7 heterocycles. The first-order valence-electron chi connectivity index (χ1n) is 20.8. The predicted octanol–water partition coefficient (Wildman–Crippen LogP) is 7.78. The number of anilines is 1. The van der Waals surface area contributed by atoms with Gasteiger partial charge >= 0.3 is 11.8 Å². The van der Waals surface area contributed by atoms with Gasteiger partial charge in [-0.25, -0.2) is 22.4 Å². The van der Waals surface area contributed by atoms with Gasteiger partial charge in [0, 0.05) is 50.3 Å². The van der Waals surface area contributed by atoms with Gasteiger partial charge in [-0.2, -0.15) is 9.97 Å². The van der Waals surface area contributed by atoms with E-state index in [0.717, 1.165) is 32.2 Å². The molecule has 0 N–H and O–H groups in total. The smallest absolute Gasteiger partial charge is 0.468 e. The summed E-state index contributed by atoms with van der Waals surface area (Å²) in [6.45, 7) is 5.56. The highest BCUT2D eigenvalue weighted by atomic mass is 19.1. The molecule has 10 rings (SSSR count). The van der Waals surface area contributed by atoms with Crippen LogP contribution in [-0.4, -0.2) is 89.7 Å². The lowest BCUT2D eigenvalue weighted by molar-refractivity contribution is 0.0512. The lowest BCUT2D eigenvalue weighted by atomic mass is 9.87. The van der Waals surface area contributed by atoms with Gasteiger partial charge in [0.15, 0.2) is 18.4 Å². The summed E-state index contributed by atoms with van der Waals surface area (Å²) in [5.41, 5.74) is -0.181. The van der Waals surface area contributed by atoms with Crippen LogP contribution in [0.15, 0.2) is 37.9 Å². The van der Waals surface area contributed by atoms with E-state index in [1.165, 1.54) is 13.2 Å². The summed E-state index contributed by atoms with van der Waals surface area (Å²) in [6.07, 6.45) is 4.60. The fourth-order valence-corrected chi connectivity index (χ4v) is 11.1. The Hall–Kier alpha value is -4.73. The van der Waals surface area contributed by atoms with E-state index in [9.17, 15) is 9.18 Å². The third-order valence-corrected chi connectivity index (χ3v) is 13.7. The largest absolute Gasteiger partial charge is 0.519 e. The maximum Gasteiger partial charge on any atom is 0.519 e. The zero-order valence-corrected chi connectivity index (χ0v) is 33.4. The number of ether oxygens (including phenoxy) is 3. The van der Waals surface area contributed by atoms with Gasteiger partial charge in [0.05, 0.1) is 23.0 Å². The van der Waals surface area contributed by atoms with Gasteiger partial charge in [-0.3, -0.25) is 9.80 Å². The van der Waals surface area contributed by atoms with Gasteiger partial charge in [0.2, 0.25) is 0 Å². The molecule has 0 amide bonds. The van der Waals surface area contributed by atoms with E-state index >= 15 is 13.2 Å². The van der Waals surface area contributed by atoms with Crippen molar-refractivity contribution in [2.75, 3.05) is 45.0 Å². The second-order valence-corrected chi connectivity index (χ2v) is 16.9. The van der Waals surface area contributed by atoms with Crippen molar-refractivity contribution in [3.8, 4) is 22.9 Å². The minimum absolute atomic E-state index is 0.0246. The minimum Gasteiger partial charge on any atom is -0.468 e. The summed E-state index contributed by atoms with van der Waals surface area (Å²) < 4.78 is 93.9. The predicted molar refractivity (Wildman–Crippen MR) is 211 cm³/mol. The summed E-state index contributed by atoms with van der Waals surface area (Å²) in [5, 5.41) is 1.23. The van der Waals surface area contributed by atoms with Crippen LogP contribution in [0.4, 0.5) is 23.4 Å². The fraction of sp³-hybridized carbons (Fsp3) is 0.523. The molecule has 2 aromatic heterocycles. The molecule has 0 radical (unpaired) electrons. The highest BCUT2D eigenvalue weighted by Gasteiger charge is 2.50. The molecule has 15 heteroatoms.